The highest BCUT2D eigenvalue weighted by atomic mass is 16.7. The van der Waals surface area contributed by atoms with Gasteiger partial charge in [0.05, 0.1) is 18.4 Å². The molecule has 8 heteroatoms. The highest BCUT2D eigenvalue weighted by Gasteiger charge is 2.47. The molecule has 0 aliphatic carbocycles. The molecule has 8 nitrogen and oxygen atoms in total. The second-order valence-corrected chi connectivity index (χ2v) is 8.46. The maximum absolute atomic E-state index is 13.2. The van der Waals surface area contributed by atoms with Crippen molar-refractivity contribution < 1.29 is 33.3 Å². The summed E-state index contributed by atoms with van der Waals surface area (Å²) in [5.74, 6) is 0.539. The van der Waals surface area contributed by atoms with Crippen molar-refractivity contribution in [3.63, 3.8) is 0 Å². The molecule has 35 heavy (non-hydrogen) atoms. The number of aliphatic hydroxyl groups is 1. The van der Waals surface area contributed by atoms with Crippen molar-refractivity contribution >= 4 is 17.4 Å². The molecule has 1 fully saturated rings. The number of ether oxygens (including phenoxy) is 3. The zero-order valence-corrected chi connectivity index (χ0v) is 19.4. The molecule has 2 aliphatic heterocycles. The van der Waals surface area contributed by atoms with Gasteiger partial charge in [0, 0.05) is 12.1 Å². The first-order chi connectivity index (χ1) is 17.0. The maximum Gasteiger partial charge on any atom is 0.296 e. The number of rotatable bonds is 7. The van der Waals surface area contributed by atoms with Crippen LogP contribution in [-0.4, -0.2) is 35.1 Å². The van der Waals surface area contributed by atoms with Crippen LogP contribution >= 0.6 is 0 Å². The van der Waals surface area contributed by atoms with E-state index in [4.69, 9.17) is 18.6 Å². The van der Waals surface area contributed by atoms with Crippen molar-refractivity contribution in [1.29, 1.82) is 0 Å². The first kappa shape index (κ1) is 22.6. The van der Waals surface area contributed by atoms with Gasteiger partial charge >= 0.3 is 0 Å². The average molecular weight is 475 g/mol. The molecule has 0 radical (unpaired) electrons. The molecule has 0 saturated carbocycles. The Labute approximate surface area is 202 Å². The highest BCUT2D eigenvalue weighted by molar-refractivity contribution is 6.46. The van der Waals surface area contributed by atoms with E-state index in [0.29, 0.717) is 35.2 Å². The van der Waals surface area contributed by atoms with Gasteiger partial charge < -0.3 is 28.6 Å². The number of amides is 1. The summed E-state index contributed by atoms with van der Waals surface area (Å²) in [4.78, 5) is 27.7. The van der Waals surface area contributed by atoms with Crippen molar-refractivity contribution in [2.24, 2.45) is 0 Å². The highest BCUT2D eigenvalue weighted by Crippen LogP contribution is 2.41. The molecular weight excluding hydrogens is 450 g/mol. The predicted molar refractivity (Wildman–Crippen MR) is 126 cm³/mol. The summed E-state index contributed by atoms with van der Waals surface area (Å²) < 4.78 is 22.1. The number of carbonyl (C=O) groups excluding carboxylic acids is 2. The molecule has 180 valence electrons. The van der Waals surface area contributed by atoms with Crippen molar-refractivity contribution in [2.45, 2.75) is 32.9 Å². The van der Waals surface area contributed by atoms with Gasteiger partial charge in [-0.1, -0.05) is 13.0 Å². The Hall–Kier alpha value is -4.20. The Morgan fingerprint density at radius 1 is 1.11 bits per heavy atom. The lowest BCUT2D eigenvalue weighted by molar-refractivity contribution is -0.140. The van der Waals surface area contributed by atoms with Gasteiger partial charge in [0.25, 0.3) is 11.7 Å². The van der Waals surface area contributed by atoms with Crippen molar-refractivity contribution in [3.8, 4) is 17.2 Å². The molecule has 1 saturated heterocycles. The van der Waals surface area contributed by atoms with E-state index in [9.17, 15) is 14.7 Å². The van der Waals surface area contributed by atoms with Gasteiger partial charge in [-0.2, -0.15) is 0 Å². The minimum absolute atomic E-state index is 0.0210. The Morgan fingerprint density at radius 2 is 1.94 bits per heavy atom. The fourth-order valence-electron chi connectivity index (χ4n) is 4.35. The zero-order chi connectivity index (χ0) is 24.5. The first-order valence-electron chi connectivity index (χ1n) is 11.4. The molecule has 1 aromatic heterocycles. The molecular formula is C27H25NO7. The Balaban J connectivity index is 1.54. The number of carbonyl (C=O) groups is 2. The summed E-state index contributed by atoms with van der Waals surface area (Å²) in [5.41, 5.74) is 1.96. The van der Waals surface area contributed by atoms with Crippen molar-refractivity contribution in [2.75, 3.05) is 13.4 Å². The number of aryl methyl sites for hydroxylation is 1. The number of hydrogen-bond donors (Lipinski definition) is 1. The van der Waals surface area contributed by atoms with Gasteiger partial charge in [-0.05, 0) is 66.9 Å². The van der Waals surface area contributed by atoms with Crippen LogP contribution in [0.4, 0.5) is 0 Å². The number of fused-ring (bicyclic) bond motifs is 1. The SMILES string of the molecule is CCCOc1ccc(/C(O)=C2/C(=O)C(=O)N(Cc3ccc4c(c3)OCO4)C2c2ccco2)cc1C. The van der Waals surface area contributed by atoms with Crippen LogP contribution in [0.5, 0.6) is 17.2 Å². The monoisotopic (exact) mass is 475 g/mol. The summed E-state index contributed by atoms with van der Waals surface area (Å²) in [6.45, 7) is 4.72. The number of aliphatic hydroxyl groups excluding tert-OH is 1. The molecule has 1 atom stereocenters. The third-order valence-electron chi connectivity index (χ3n) is 6.05. The molecule has 5 rings (SSSR count). The molecule has 0 bridgehead atoms. The van der Waals surface area contributed by atoms with E-state index in [1.165, 1.54) is 11.2 Å². The summed E-state index contributed by atoms with van der Waals surface area (Å²) >= 11 is 0. The topological polar surface area (TPSA) is 98.4 Å². The largest absolute Gasteiger partial charge is 0.507 e. The van der Waals surface area contributed by atoms with E-state index < -0.39 is 17.7 Å². The lowest BCUT2D eigenvalue weighted by Gasteiger charge is -2.23. The first-order valence-corrected chi connectivity index (χ1v) is 11.4. The fraction of sp³-hybridized carbons (Fsp3) is 0.259. The lowest BCUT2D eigenvalue weighted by Crippen LogP contribution is -2.29. The van der Waals surface area contributed by atoms with Crippen LogP contribution in [0.25, 0.3) is 5.76 Å². The standard InChI is InChI=1S/C27H25NO7/c1-3-10-32-19-9-7-18(12-16(19)2)25(29)23-24(21-5-4-11-33-21)28(27(31)26(23)30)14-17-6-8-20-22(13-17)35-15-34-20/h4-9,11-13,24,29H,3,10,14-15H2,1-2H3/b25-23-. The second kappa shape index (κ2) is 9.21. The van der Waals surface area contributed by atoms with Crippen LogP contribution in [0.1, 0.15) is 41.8 Å². The predicted octanol–water partition coefficient (Wildman–Crippen LogP) is 4.73. The minimum Gasteiger partial charge on any atom is -0.507 e. The Bertz CT molecular complexity index is 1310. The van der Waals surface area contributed by atoms with E-state index in [-0.39, 0.29) is 24.7 Å². The van der Waals surface area contributed by atoms with Gasteiger partial charge in [-0.25, -0.2) is 0 Å². The van der Waals surface area contributed by atoms with Crippen LogP contribution in [0.2, 0.25) is 0 Å². The fourth-order valence-corrected chi connectivity index (χ4v) is 4.35. The van der Waals surface area contributed by atoms with Crippen LogP contribution < -0.4 is 14.2 Å². The second-order valence-electron chi connectivity index (χ2n) is 8.46. The molecule has 2 aromatic carbocycles. The summed E-state index contributed by atoms with van der Waals surface area (Å²) in [6.07, 6.45) is 2.34. The van der Waals surface area contributed by atoms with Crippen LogP contribution in [0.15, 0.2) is 64.8 Å². The molecule has 2 aliphatic rings. The number of ketones is 1. The number of Topliss-reactive ketones (excluding diaryl/α,β-unsaturated/α-hetero) is 1. The number of furan rings is 1. The van der Waals surface area contributed by atoms with E-state index in [1.807, 2.05) is 19.9 Å². The number of hydrogen-bond acceptors (Lipinski definition) is 7. The maximum atomic E-state index is 13.2. The summed E-state index contributed by atoms with van der Waals surface area (Å²) in [5, 5.41) is 11.2. The average Bonchev–Trinajstić information content (AvgIpc) is 3.60. The molecule has 1 N–H and O–H groups in total. The Morgan fingerprint density at radius 3 is 2.69 bits per heavy atom. The minimum atomic E-state index is -0.883. The van der Waals surface area contributed by atoms with Gasteiger partial charge in [0.15, 0.2) is 11.5 Å². The molecule has 0 spiro atoms. The molecule has 3 heterocycles. The van der Waals surface area contributed by atoms with Gasteiger partial charge in [-0.15, -0.1) is 0 Å². The summed E-state index contributed by atoms with van der Waals surface area (Å²) in [7, 11) is 0. The molecule has 3 aromatic rings. The van der Waals surface area contributed by atoms with Gasteiger partial charge in [0.1, 0.15) is 23.3 Å². The van der Waals surface area contributed by atoms with E-state index in [1.54, 1.807) is 42.5 Å². The lowest BCUT2D eigenvalue weighted by atomic mass is 9.98. The van der Waals surface area contributed by atoms with Crippen LogP contribution in [-0.2, 0) is 16.1 Å². The summed E-state index contributed by atoms with van der Waals surface area (Å²) in [6, 6.07) is 13.0. The third kappa shape index (κ3) is 4.12. The third-order valence-corrected chi connectivity index (χ3v) is 6.05. The number of likely N-dealkylation sites (tertiary alicyclic amines) is 1. The number of benzene rings is 2. The Kier molecular flexibility index (Phi) is 5.94. The smallest absolute Gasteiger partial charge is 0.296 e. The van der Waals surface area contributed by atoms with E-state index in [0.717, 1.165) is 17.5 Å². The molecule has 1 unspecified atom stereocenters. The zero-order valence-electron chi connectivity index (χ0n) is 19.4. The molecule has 1 amide bonds. The van der Waals surface area contributed by atoms with Gasteiger partial charge in [0.2, 0.25) is 6.79 Å². The van der Waals surface area contributed by atoms with Crippen molar-refractivity contribution in [3.05, 3.63) is 82.8 Å². The quantitative estimate of drug-likeness (QED) is 0.300. The van der Waals surface area contributed by atoms with Gasteiger partial charge in [-0.3, -0.25) is 9.59 Å². The number of nitrogens with zero attached hydrogens (tertiary/aromatic N) is 1. The van der Waals surface area contributed by atoms with E-state index in [2.05, 4.69) is 0 Å². The van der Waals surface area contributed by atoms with Crippen LogP contribution in [0, 0.1) is 6.92 Å². The normalized spacial score (nSPS) is 18.3. The van der Waals surface area contributed by atoms with E-state index >= 15 is 0 Å². The van der Waals surface area contributed by atoms with Crippen LogP contribution in [0.3, 0.4) is 0 Å². The van der Waals surface area contributed by atoms with Crippen molar-refractivity contribution in [1.82, 2.24) is 4.90 Å².